The first-order valence-electron chi connectivity index (χ1n) is 5.59. The van der Waals surface area contributed by atoms with Crippen LogP contribution in [-0.2, 0) is 25.8 Å². The van der Waals surface area contributed by atoms with Crippen molar-refractivity contribution in [3.8, 4) is 0 Å². The SMILES string of the molecule is CNC(=O)CS(=O)(=O)c1ccc(CCC(=O)O)cc1. The van der Waals surface area contributed by atoms with Gasteiger partial charge in [-0.1, -0.05) is 12.1 Å². The van der Waals surface area contributed by atoms with Crippen LogP contribution in [-0.4, -0.2) is 38.2 Å². The number of rotatable bonds is 6. The normalized spacial score (nSPS) is 11.0. The molecule has 7 heteroatoms. The van der Waals surface area contributed by atoms with Crippen molar-refractivity contribution in [1.29, 1.82) is 0 Å². The average Bonchev–Trinajstić information content (AvgIpc) is 2.36. The van der Waals surface area contributed by atoms with Gasteiger partial charge in [-0.15, -0.1) is 0 Å². The van der Waals surface area contributed by atoms with Gasteiger partial charge in [-0.2, -0.15) is 0 Å². The molecule has 2 N–H and O–H groups in total. The highest BCUT2D eigenvalue weighted by Gasteiger charge is 2.18. The van der Waals surface area contributed by atoms with E-state index >= 15 is 0 Å². The average molecular weight is 285 g/mol. The summed E-state index contributed by atoms with van der Waals surface area (Å²) < 4.78 is 23.6. The summed E-state index contributed by atoms with van der Waals surface area (Å²) in [5, 5.41) is 10.8. The maximum absolute atomic E-state index is 11.8. The molecular weight excluding hydrogens is 270 g/mol. The molecule has 0 aliphatic rings. The number of hydrogen-bond acceptors (Lipinski definition) is 4. The van der Waals surface area contributed by atoms with Crippen molar-refractivity contribution in [2.24, 2.45) is 0 Å². The first kappa shape index (κ1) is 15.2. The van der Waals surface area contributed by atoms with Crippen molar-refractivity contribution in [2.45, 2.75) is 17.7 Å². The number of benzene rings is 1. The molecule has 0 bridgehead atoms. The molecule has 0 saturated carbocycles. The van der Waals surface area contributed by atoms with Gasteiger partial charge in [0.2, 0.25) is 5.91 Å². The van der Waals surface area contributed by atoms with Gasteiger partial charge < -0.3 is 10.4 Å². The van der Waals surface area contributed by atoms with Gasteiger partial charge in [0.25, 0.3) is 0 Å². The highest BCUT2D eigenvalue weighted by molar-refractivity contribution is 7.92. The largest absolute Gasteiger partial charge is 0.481 e. The van der Waals surface area contributed by atoms with Crippen LogP contribution in [0.15, 0.2) is 29.2 Å². The van der Waals surface area contributed by atoms with Crippen LogP contribution in [0.1, 0.15) is 12.0 Å². The van der Waals surface area contributed by atoms with Crippen molar-refractivity contribution in [1.82, 2.24) is 5.32 Å². The first-order chi connectivity index (χ1) is 8.85. The summed E-state index contributed by atoms with van der Waals surface area (Å²) in [5.41, 5.74) is 0.737. The van der Waals surface area contributed by atoms with Crippen molar-refractivity contribution in [3.05, 3.63) is 29.8 Å². The Morgan fingerprint density at radius 2 is 1.79 bits per heavy atom. The Kier molecular flexibility index (Phi) is 5.05. The van der Waals surface area contributed by atoms with Gasteiger partial charge in [0.1, 0.15) is 5.75 Å². The number of amides is 1. The van der Waals surface area contributed by atoms with Crippen LogP contribution in [0.2, 0.25) is 0 Å². The Balaban J connectivity index is 2.80. The van der Waals surface area contributed by atoms with Crippen LogP contribution in [0.25, 0.3) is 0 Å². The summed E-state index contributed by atoms with van der Waals surface area (Å²) in [4.78, 5) is 21.6. The van der Waals surface area contributed by atoms with Crippen LogP contribution in [0.3, 0.4) is 0 Å². The quantitative estimate of drug-likeness (QED) is 0.779. The molecule has 104 valence electrons. The summed E-state index contributed by atoms with van der Waals surface area (Å²) in [6.45, 7) is 0. The van der Waals surface area contributed by atoms with E-state index in [9.17, 15) is 18.0 Å². The minimum absolute atomic E-state index is 0.00959. The molecule has 0 fully saturated rings. The second-order valence-corrected chi connectivity index (χ2v) is 5.96. The number of aryl methyl sites for hydroxylation is 1. The maximum Gasteiger partial charge on any atom is 0.303 e. The van der Waals surface area contributed by atoms with Crippen molar-refractivity contribution in [2.75, 3.05) is 12.8 Å². The van der Waals surface area contributed by atoms with E-state index in [1.807, 2.05) is 0 Å². The second-order valence-electron chi connectivity index (χ2n) is 3.97. The number of sulfone groups is 1. The molecule has 1 aromatic rings. The van der Waals surface area contributed by atoms with E-state index < -0.39 is 27.5 Å². The molecule has 19 heavy (non-hydrogen) atoms. The Hall–Kier alpha value is -1.89. The fourth-order valence-corrected chi connectivity index (χ4v) is 2.65. The van der Waals surface area contributed by atoms with Crippen molar-refractivity contribution in [3.63, 3.8) is 0 Å². The van der Waals surface area contributed by atoms with Crippen molar-refractivity contribution < 1.29 is 23.1 Å². The number of hydrogen-bond donors (Lipinski definition) is 2. The van der Waals surface area contributed by atoms with E-state index in [-0.39, 0.29) is 11.3 Å². The molecule has 0 radical (unpaired) electrons. The lowest BCUT2D eigenvalue weighted by molar-refractivity contribution is -0.137. The molecule has 1 amide bonds. The number of carbonyl (C=O) groups excluding carboxylic acids is 1. The number of carboxylic acids is 1. The molecule has 0 unspecified atom stereocenters. The van der Waals surface area contributed by atoms with Crippen LogP contribution in [0.5, 0.6) is 0 Å². The minimum Gasteiger partial charge on any atom is -0.481 e. The topological polar surface area (TPSA) is 101 Å². The molecule has 0 saturated heterocycles. The lowest BCUT2D eigenvalue weighted by atomic mass is 10.1. The van der Waals surface area contributed by atoms with Crippen LogP contribution in [0, 0.1) is 0 Å². The molecule has 0 heterocycles. The molecule has 0 aliphatic heterocycles. The summed E-state index contributed by atoms with van der Waals surface area (Å²) in [5.74, 6) is -2.08. The number of carbonyl (C=O) groups is 2. The van der Waals surface area contributed by atoms with Gasteiger partial charge in [0, 0.05) is 13.5 Å². The summed E-state index contributed by atoms with van der Waals surface area (Å²) in [6.07, 6.45) is 0.329. The first-order valence-corrected chi connectivity index (χ1v) is 7.24. The standard InChI is InChI=1S/C12H15NO5S/c1-13-11(14)8-19(17,18)10-5-2-9(3-6-10)4-7-12(15)16/h2-3,5-6H,4,7-8H2,1H3,(H,13,14)(H,15,16). The van der Waals surface area contributed by atoms with Gasteiger partial charge in [0.05, 0.1) is 4.90 Å². The maximum atomic E-state index is 11.8. The van der Waals surface area contributed by atoms with E-state index in [4.69, 9.17) is 5.11 Å². The van der Waals surface area contributed by atoms with Crippen molar-refractivity contribution >= 4 is 21.7 Å². The van der Waals surface area contributed by atoms with E-state index in [0.717, 1.165) is 5.56 Å². The molecule has 6 nitrogen and oxygen atoms in total. The molecule has 0 spiro atoms. The zero-order valence-corrected chi connectivity index (χ0v) is 11.2. The Bertz CT molecular complexity index is 562. The third-order valence-corrected chi connectivity index (χ3v) is 4.14. The van der Waals surface area contributed by atoms with Gasteiger partial charge in [0.15, 0.2) is 9.84 Å². The highest BCUT2D eigenvalue weighted by Crippen LogP contribution is 2.13. The zero-order valence-electron chi connectivity index (χ0n) is 10.4. The van der Waals surface area contributed by atoms with Gasteiger partial charge in [-0.05, 0) is 24.1 Å². The third kappa shape index (κ3) is 4.70. The zero-order chi connectivity index (χ0) is 14.5. The predicted octanol–water partition coefficient (Wildman–Crippen LogP) is 0.223. The second kappa shape index (κ2) is 6.33. The predicted molar refractivity (Wildman–Crippen MR) is 68.5 cm³/mol. The van der Waals surface area contributed by atoms with Gasteiger partial charge in [-0.3, -0.25) is 9.59 Å². The van der Waals surface area contributed by atoms with Crippen LogP contribution in [0.4, 0.5) is 0 Å². The van der Waals surface area contributed by atoms with E-state index in [2.05, 4.69) is 5.32 Å². The fourth-order valence-electron chi connectivity index (χ4n) is 1.44. The highest BCUT2D eigenvalue weighted by atomic mass is 32.2. The van der Waals surface area contributed by atoms with E-state index in [1.54, 1.807) is 12.1 Å². The van der Waals surface area contributed by atoms with Crippen LogP contribution >= 0.6 is 0 Å². The molecule has 1 rings (SSSR count). The summed E-state index contributed by atoms with van der Waals surface area (Å²) in [6, 6.07) is 5.88. The lowest BCUT2D eigenvalue weighted by Crippen LogP contribution is -2.26. The number of nitrogens with one attached hydrogen (secondary N) is 1. The molecular formula is C12H15NO5S. The smallest absolute Gasteiger partial charge is 0.303 e. The lowest BCUT2D eigenvalue weighted by Gasteiger charge is -2.05. The molecule has 1 aromatic carbocycles. The number of aliphatic carboxylic acids is 1. The number of carboxylic acid groups (broad SMARTS) is 1. The summed E-state index contributed by atoms with van der Waals surface area (Å²) in [7, 11) is -2.28. The van der Waals surface area contributed by atoms with E-state index in [1.165, 1.54) is 19.2 Å². The minimum atomic E-state index is -3.65. The Morgan fingerprint density at radius 1 is 1.21 bits per heavy atom. The third-order valence-electron chi connectivity index (χ3n) is 2.51. The molecule has 0 aliphatic carbocycles. The van der Waals surface area contributed by atoms with Gasteiger partial charge in [-0.25, -0.2) is 8.42 Å². The monoisotopic (exact) mass is 285 g/mol. The molecule has 0 aromatic heterocycles. The van der Waals surface area contributed by atoms with Crippen LogP contribution < -0.4 is 5.32 Å². The Labute approximate surface area is 111 Å². The van der Waals surface area contributed by atoms with Gasteiger partial charge >= 0.3 is 5.97 Å². The summed E-state index contributed by atoms with van der Waals surface area (Å²) >= 11 is 0. The Morgan fingerprint density at radius 3 is 2.26 bits per heavy atom. The van der Waals surface area contributed by atoms with E-state index in [0.29, 0.717) is 6.42 Å². The fraction of sp³-hybridized carbons (Fsp3) is 0.333. The molecule has 0 atom stereocenters.